The molecule has 25 heavy (non-hydrogen) atoms. The lowest BCUT2D eigenvalue weighted by atomic mass is 9.78. The molecule has 1 aliphatic rings. The van der Waals surface area contributed by atoms with E-state index in [4.69, 9.17) is 9.15 Å². The number of carbonyl (C=O) groups excluding carboxylic acids is 1. The Labute approximate surface area is 148 Å². The predicted octanol–water partition coefficient (Wildman–Crippen LogP) is 3.44. The van der Waals surface area contributed by atoms with Crippen LogP contribution in [0.4, 0.5) is 0 Å². The van der Waals surface area contributed by atoms with E-state index in [1.165, 1.54) is 19.2 Å². The van der Waals surface area contributed by atoms with Crippen molar-refractivity contribution >= 4 is 5.91 Å². The first kappa shape index (κ1) is 17.5. The van der Waals surface area contributed by atoms with E-state index in [1.54, 1.807) is 19.1 Å². The van der Waals surface area contributed by atoms with E-state index >= 15 is 0 Å². The van der Waals surface area contributed by atoms with E-state index in [0.29, 0.717) is 23.5 Å². The van der Waals surface area contributed by atoms with Crippen molar-refractivity contribution in [2.24, 2.45) is 11.8 Å². The minimum atomic E-state index is -0.543. The molecule has 1 aliphatic carbocycles. The second kappa shape index (κ2) is 7.68. The van der Waals surface area contributed by atoms with Gasteiger partial charge in [-0.2, -0.15) is 0 Å². The van der Waals surface area contributed by atoms with Gasteiger partial charge in [-0.1, -0.05) is 26.7 Å². The number of nitrogens with zero attached hydrogens (tertiary/aromatic N) is 2. The SMILES string of the molecule is C[C@H]1[C@@H](NC(=O)[C@@H](C)Oc2ccc(-c3nnco3)cc2)CCC[C@@H]1C. The smallest absolute Gasteiger partial charge is 0.261 e. The normalized spacial score (nSPS) is 24.5. The van der Waals surface area contributed by atoms with E-state index < -0.39 is 6.10 Å². The van der Waals surface area contributed by atoms with Gasteiger partial charge < -0.3 is 14.5 Å². The zero-order chi connectivity index (χ0) is 17.8. The van der Waals surface area contributed by atoms with Crippen molar-refractivity contribution in [3.05, 3.63) is 30.7 Å². The number of amides is 1. The highest BCUT2D eigenvalue weighted by Gasteiger charge is 2.29. The Balaban J connectivity index is 1.56. The molecule has 1 saturated carbocycles. The molecule has 6 heteroatoms. The van der Waals surface area contributed by atoms with E-state index in [9.17, 15) is 4.79 Å². The minimum absolute atomic E-state index is 0.0630. The third kappa shape index (κ3) is 4.18. The van der Waals surface area contributed by atoms with Crippen molar-refractivity contribution < 1.29 is 13.9 Å². The van der Waals surface area contributed by atoms with Crippen LogP contribution in [0.3, 0.4) is 0 Å². The second-order valence-electron chi connectivity index (χ2n) is 6.91. The van der Waals surface area contributed by atoms with Crippen molar-refractivity contribution in [1.29, 1.82) is 0 Å². The van der Waals surface area contributed by atoms with Crippen molar-refractivity contribution in [2.75, 3.05) is 0 Å². The molecule has 2 aromatic rings. The largest absolute Gasteiger partial charge is 0.481 e. The van der Waals surface area contributed by atoms with Crippen LogP contribution in [-0.2, 0) is 4.79 Å². The zero-order valence-electron chi connectivity index (χ0n) is 14.9. The van der Waals surface area contributed by atoms with Crippen LogP contribution in [0, 0.1) is 11.8 Å². The molecule has 1 fully saturated rings. The van der Waals surface area contributed by atoms with Crippen LogP contribution in [0.25, 0.3) is 11.5 Å². The maximum Gasteiger partial charge on any atom is 0.261 e. The third-order valence-corrected chi connectivity index (χ3v) is 5.18. The first-order valence-electron chi connectivity index (χ1n) is 8.88. The Morgan fingerprint density at radius 2 is 2.04 bits per heavy atom. The average Bonchev–Trinajstić information content (AvgIpc) is 3.14. The fraction of sp³-hybridized carbons (Fsp3) is 0.526. The van der Waals surface area contributed by atoms with Gasteiger partial charge in [0.2, 0.25) is 12.3 Å². The van der Waals surface area contributed by atoms with E-state index in [-0.39, 0.29) is 11.9 Å². The molecule has 0 saturated heterocycles. The highest BCUT2D eigenvalue weighted by molar-refractivity contribution is 5.81. The topological polar surface area (TPSA) is 77.2 Å². The summed E-state index contributed by atoms with van der Waals surface area (Å²) in [5.74, 6) is 2.17. The third-order valence-electron chi connectivity index (χ3n) is 5.18. The maximum atomic E-state index is 12.5. The first-order chi connectivity index (χ1) is 12.0. The van der Waals surface area contributed by atoms with Crippen LogP contribution in [-0.4, -0.2) is 28.3 Å². The Morgan fingerprint density at radius 3 is 2.72 bits per heavy atom. The van der Waals surface area contributed by atoms with Crippen molar-refractivity contribution in [2.45, 2.75) is 52.2 Å². The number of benzene rings is 1. The summed E-state index contributed by atoms with van der Waals surface area (Å²) in [7, 11) is 0. The maximum absolute atomic E-state index is 12.5. The Hall–Kier alpha value is -2.37. The fourth-order valence-electron chi connectivity index (χ4n) is 3.32. The molecular formula is C19H25N3O3. The number of aromatic nitrogens is 2. The molecule has 0 aliphatic heterocycles. The van der Waals surface area contributed by atoms with Gasteiger partial charge in [-0.15, -0.1) is 10.2 Å². The molecule has 0 spiro atoms. The van der Waals surface area contributed by atoms with Crippen LogP contribution >= 0.6 is 0 Å². The predicted molar refractivity (Wildman–Crippen MR) is 93.9 cm³/mol. The Bertz CT molecular complexity index is 684. The van der Waals surface area contributed by atoms with Gasteiger partial charge >= 0.3 is 0 Å². The summed E-state index contributed by atoms with van der Waals surface area (Å²) in [6, 6.07) is 7.50. The van der Waals surface area contributed by atoms with Gasteiger partial charge in [0.05, 0.1) is 0 Å². The Kier molecular flexibility index (Phi) is 5.36. The summed E-state index contributed by atoms with van der Waals surface area (Å²) >= 11 is 0. The van der Waals surface area contributed by atoms with Crippen LogP contribution in [0.15, 0.2) is 35.1 Å². The monoisotopic (exact) mass is 343 g/mol. The molecular weight excluding hydrogens is 318 g/mol. The Morgan fingerprint density at radius 1 is 1.28 bits per heavy atom. The lowest BCUT2D eigenvalue weighted by Crippen LogP contribution is -2.48. The van der Waals surface area contributed by atoms with Crippen LogP contribution in [0.1, 0.15) is 40.0 Å². The fourth-order valence-corrected chi connectivity index (χ4v) is 3.32. The van der Waals surface area contributed by atoms with Gasteiger partial charge in [-0.3, -0.25) is 4.79 Å². The number of hydrogen-bond acceptors (Lipinski definition) is 5. The second-order valence-corrected chi connectivity index (χ2v) is 6.91. The standard InChI is InChI=1S/C19H25N3O3/c1-12-5-4-6-17(13(12)2)21-18(23)14(3)25-16-9-7-15(8-10-16)19-22-20-11-24-19/h7-14,17H,4-6H2,1-3H3,(H,21,23)/t12-,13+,14+,17-/m0/s1. The van der Waals surface area contributed by atoms with E-state index in [1.807, 2.05) is 12.1 Å². The molecule has 6 nitrogen and oxygen atoms in total. The molecule has 0 unspecified atom stereocenters. The lowest BCUT2D eigenvalue weighted by Gasteiger charge is -2.35. The number of ether oxygens (including phenoxy) is 1. The number of hydrogen-bond donors (Lipinski definition) is 1. The molecule has 134 valence electrons. The number of rotatable bonds is 5. The minimum Gasteiger partial charge on any atom is -0.481 e. The summed E-state index contributed by atoms with van der Waals surface area (Å²) in [4.78, 5) is 12.5. The first-order valence-corrected chi connectivity index (χ1v) is 8.88. The van der Waals surface area contributed by atoms with Crippen LogP contribution < -0.4 is 10.1 Å². The average molecular weight is 343 g/mol. The molecule has 1 aromatic carbocycles. The van der Waals surface area contributed by atoms with Crippen LogP contribution in [0.2, 0.25) is 0 Å². The van der Waals surface area contributed by atoms with Crippen molar-refractivity contribution in [3.63, 3.8) is 0 Å². The summed E-state index contributed by atoms with van der Waals surface area (Å²) < 4.78 is 10.9. The molecule has 1 amide bonds. The summed E-state index contributed by atoms with van der Waals surface area (Å²) in [5.41, 5.74) is 0.812. The van der Waals surface area contributed by atoms with Gasteiger partial charge in [-0.05, 0) is 49.4 Å². The zero-order valence-corrected chi connectivity index (χ0v) is 14.9. The molecule has 0 radical (unpaired) electrons. The molecule has 0 bridgehead atoms. The number of nitrogens with one attached hydrogen (secondary N) is 1. The quantitative estimate of drug-likeness (QED) is 0.900. The van der Waals surface area contributed by atoms with Crippen molar-refractivity contribution in [1.82, 2.24) is 15.5 Å². The van der Waals surface area contributed by atoms with Gasteiger partial charge in [0.1, 0.15) is 5.75 Å². The van der Waals surface area contributed by atoms with Gasteiger partial charge in [-0.25, -0.2) is 0 Å². The molecule has 4 atom stereocenters. The molecule has 3 rings (SSSR count). The van der Waals surface area contributed by atoms with Gasteiger partial charge in [0.15, 0.2) is 6.10 Å². The van der Waals surface area contributed by atoms with Gasteiger partial charge in [0.25, 0.3) is 5.91 Å². The highest BCUT2D eigenvalue weighted by atomic mass is 16.5. The number of carbonyl (C=O) groups is 1. The van der Waals surface area contributed by atoms with E-state index in [0.717, 1.165) is 12.0 Å². The molecule has 1 heterocycles. The molecule has 1 aromatic heterocycles. The van der Waals surface area contributed by atoms with Gasteiger partial charge in [0, 0.05) is 11.6 Å². The molecule has 1 N–H and O–H groups in total. The lowest BCUT2D eigenvalue weighted by molar-refractivity contribution is -0.128. The van der Waals surface area contributed by atoms with Crippen LogP contribution in [0.5, 0.6) is 5.75 Å². The van der Waals surface area contributed by atoms with E-state index in [2.05, 4.69) is 29.4 Å². The summed E-state index contributed by atoms with van der Waals surface area (Å²) in [6.45, 7) is 6.25. The summed E-state index contributed by atoms with van der Waals surface area (Å²) in [5, 5.41) is 10.7. The highest BCUT2D eigenvalue weighted by Crippen LogP contribution is 2.29. The summed E-state index contributed by atoms with van der Waals surface area (Å²) in [6.07, 6.45) is 4.20. The van der Waals surface area contributed by atoms with Crippen molar-refractivity contribution in [3.8, 4) is 17.2 Å².